The number of nitrogens with zero attached hydrogens (tertiary/aromatic N) is 2. The molecule has 3 nitrogen and oxygen atoms in total. The number of hydrogen-bond donors (Lipinski definition) is 1. The van der Waals surface area contributed by atoms with Crippen molar-refractivity contribution in [2.75, 3.05) is 0 Å². The van der Waals surface area contributed by atoms with Crippen molar-refractivity contribution >= 4 is 21.6 Å². The summed E-state index contributed by atoms with van der Waals surface area (Å²) in [5.41, 5.74) is 1.10. The number of hydrogen-bond acceptors (Lipinski definition) is 3. The molecule has 2 heterocycles. The van der Waals surface area contributed by atoms with Gasteiger partial charge in [0.25, 0.3) is 0 Å². The number of nitrogens with one attached hydrogen (secondary N) is 1. The molecule has 0 spiro atoms. The van der Waals surface area contributed by atoms with E-state index >= 15 is 0 Å². The second-order valence-electron chi connectivity index (χ2n) is 3.02. The molecule has 0 saturated carbocycles. The summed E-state index contributed by atoms with van der Waals surface area (Å²) in [4.78, 5) is 7.29. The van der Waals surface area contributed by atoms with Crippen LogP contribution in [0.15, 0.2) is 36.8 Å². The first-order valence-corrected chi connectivity index (χ1v) is 5.05. The van der Waals surface area contributed by atoms with Crippen LogP contribution >= 0.6 is 11.5 Å². The number of aromatic nitrogens is 3. The van der Waals surface area contributed by atoms with E-state index in [4.69, 9.17) is 0 Å². The maximum Gasteiger partial charge on any atom is 0.137 e. The van der Waals surface area contributed by atoms with E-state index in [2.05, 4.69) is 32.5 Å². The van der Waals surface area contributed by atoms with Gasteiger partial charge >= 0.3 is 0 Å². The minimum Gasteiger partial charge on any atom is -0.345 e. The molecule has 0 aliphatic carbocycles. The zero-order valence-electron chi connectivity index (χ0n) is 7.27. The monoisotopic (exact) mass is 201 g/mol. The standard InChI is InChI=1S/C10H7N3S/c1-2-8-6-13-14-9(8)5-7(1)10-11-3-4-12-10/h1-6H,(H,11,12). The van der Waals surface area contributed by atoms with Gasteiger partial charge in [-0.1, -0.05) is 12.1 Å². The number of rotatable bonds is 1. The molecule has 68 valence electrons. The Morgan fingerprint density at radius 2 is 2.29 bits per heavy atom. The molecule has 1 N–H and O–H groups in total. The molecule has 2 aromatic heterocycles. The van der Waals surface area contributed by atoms with E-state index in [1.165, 1.54) is 21.6 Å². The molecule has 0 fully saturated rings. The maximum atomic E-state index is 4.21. The van der Waals surface area contributed by atoms with E-state index in [0.717, 1.165) is 11.4 Å². The molecule has 0 bridgehead atoms. The lowest BCUT2D eigenvalue weighted by Gasteiger charge is -1.95. The SMILES string of the molecule is c1c[nH]c(-c2ccc3cnsc3c2)n1. The lowest BCUT2D eigenvalue weighted by atomic mass is 10.2. The number of aromatic amines is 1. The van der Waals surface area contributed by atoms with Crippen LogP contribution in [0.3, 0.4) is 0 Å². The van der Waals surface area contributed by atoms with Gasteiger partial charge in [-0.15, -0.1) is 0 Å². The van der Waals surface area contributed by atoms with Gasteiger partial charge in [0.2, 0.25) is 0 Å². The Bertz CT molecular complexity index is 554. The highest BCUT2D eigenvalue weighted by Gasteiger charge is 2.02. The molecule has 0 unspecified atom stereocenters. The molecular formula is C10H7N3S. The Labute approximate surface area is 84.6 Å². The molecule has 0 amide bonds. The van der Waals surface area contributed by atoms with Crippen molar-refractivity contribution in [3.05, 3.63) is 36.8 Å². The van der Waals surface area contributed by atoms with Crippen molar-refractivity contribution in [3.63, 3.8) is 0 Å². The van der Waals surface area contributed by atoms with Gasteiger partial charge in [0, 0.05) is 29.5 Å². The molecule has 3 rings (SSSR count). The van der Waals surface area contributed by atoms with Crippen LogP contribution in [0.25, 0.3) is 21.5 Å². The molecule has 0 atom stereocenters. The normalized spacial score (nSPS) is 10.9. The van der Waals surface area contributed by atoms with Gasteiger partial charge < -0.3 is 4.98 Å². The summed E-state index contributed by atoms with van der Waals surface area (Å²) in [7, 11) is 0. The summed E-state index contributed by atoms with van der Waals surface area (Å²) < 4.78 is 5.33. The lowest BCUT2D eigenvalue weighted by Crippen LogP contribution is -1.78. The van der Waals surface area contributed by atoms with Crippen LogP contribution in [0.5, 0.6) is 0 Å². The van der Waals surface area contributed by atoms with Crippen LogP contribution in [0, 0.1) is 0 Å². The third-order valence-electron chi connectivity index (χ3n) is 2.13. The van der Waals surface area contributed by atoms with Gasteiger partial charge in [-0.05, 0) is 17.6 Å². The molecule has 3 aromatic rings. The molecule has 14 heavy (non-hydrogen) atoms. The van der Waals surface area contributed by atoms with Crippen molar-refractivity contribution in [2.24, 2.45) is 0 Å². The topological polar surface area (TPSA) is 41.6 Å². The van der Waals surface area contributed by atoms with Crippen molar-refractivity contribution < 1.29 is 0 Å². The minimum atomic E-state index is 0.903. The van der Waals surface area contributed by atoms with Crippen molar-refractivity contribution in [1.82, 2.24) is 14.3 Å². The molecule has 0 radical (unpaired) electrons. The number of imidazole rings is 1. The molecular weight excluding hydrogens is 194 g/mol. The average molecular weight is 201 g/mol. The molecule has 0 aliphatic heterocycles. The summed E-state index contributed by atoms with van der Waals surface area (Å²) in [6, 6.07) is 6.22. The smallest absolute Gasteiger partial charge is 0.137 e. The second-order valence-corrected chi connectivity index (χ2v) is 3.85. The highest BCUT2D eigenvalue weighted by Crippen LogP contribution is 2.23. The number of H-pyrrole nitrogens is 1. The van der Waals surface area contributed by atoms with Gasteiger partial charge in [-0.2, -0.15) is 4.37 Å². The van der Waals surface area contributed by atoms with E-state index in [0.29, 0.717) is 0 Å². The predicted octanol–water partition coefficient (Wildman–Crippen LogP) is 2.69. The lowest BCUT2D eigenvalue weighted by molar-refractivity contribution is 1.31. The van der Waals surface area contributed by atoms with Gasteiger partial charge in [0.15, 0.2) is 0 Å². The summed E-state index contributed by atoms with van der Waals surface area (Å²) in [5.74, 6) is 0.903. The molecule has 4 heteroatoms. The fourth-order valence-electron chi connectivity index (χ4n) is 1.43. The van der Waals surface area contributed by atoms with Crippen LogP contribution in [-0.2, 0) is 0 Å². The largest absolute Gasteiger partial charge is 0.345 e. The van der Waals surface area contributed by atoms with Crippen LogP contribution < -0.4 is 0 Å². The first kappa shape index (κ1) is 7.70. The number of benzene rings is 1. The zero-order valence-corrected chi connectivity index (χ0v) is 8.08. The van der Waals surface area contributed by atoms with Crippen LogP contribution in [-0.4, -0.2) is 14.3 Å². The third kappa shape index (κ3) is 1.12. The van der Waals surface area contributed by atoms with Crippen molar-refractivity contribution in [2.45, 2.75) is 0 Å². The van der Waals surface area contributed by atoms with E-state index in [1.54, 1.807) is 6.20 Å². The summed E-state index contributed by atoms with van der Waals surface area (Å²) >= 11 is 1.51. The predicted molar refractivity (Wildman–Crippen MR) is 57.2 cm³/mol. The highest BCUT2D eigenvalue weighted by molar-refractivity contribution is 7.13. The average Bonchev–Trinajstić information content (AvgIpc) is 2.88. The van der Waals surface area contributed by atoms with E-state index in [1.807, 2.05) is 12.4 Å². The van der Waals surface area contributed by atoms with E-state index in [-0.39, 0.29) is 0 Å². The molecule has 0 saturated heterocycles. The quantitative estimate of drug-likeness (QED) is 0.657. The summed E-state index contributed by atoms with van der Waals surface area (Å²) in [6.07, 6.45) is 5.46. The summed E-state index contributed by atoms with van der Waals surface area (Å²) in [6.45, 7) is 0. The van der Waals surface area contributed by atoms with Gasteiger partial charge in [-0.3, -0.25) is 0 Å². The van der Waals surface area contributed by atoms with Gasteiger partial charge in [0.05, 0.1) is 4.70 Å². The zero-order chi connectivity index (χ0) is 9.38. The fraction of sp³-hybridized carbons (Fsp3) is 0. The first-order chi connectivity index (χ1) is 6.93. The number of fused-ring (bicyclic) bond motifs is 1. The Kier molecular flexibility index (Phi) is 1.61. The Morgan fingerprint density at radius 1 is 1.29 bits per heavy atom. The molecule has 0 aliphatic rings. The highest BCUT2D eigenvalue weighted by atomic mass is 32.1. The Morgan fingerprint density at radius 3 is 3.14 bits per heavy atom. The van der Waals surface area contributed by atoms with E-state index in [9.17, 15) is 0 Å². The van der Waals surface area contributed by atoms with Crippen molar-refractivity contribution in [1.29, 1.82) is 0 Å². The maximum absolute atomic E-state index is 4.21. The third-order valence-corrected chi connectivity index (χ3v) is 2.89. The van der Waals surface area contributed by atoms with Crippen LogP contribution in [0.1, 0.15) is 0 Å². The van der Waals surface area contributed by atoms with Gasteiger partial charge in [0.1, 0.15) is 5.82 Å². The second kappa shape index (κ2) is 2.92. The molecule has 1 aromatic carbocycles. The van der Waals surface area contributed by atoms with Gasteiger partial charge in [-0.25, -0.2) is 4.98 Å². The first-order valence-electron chi connectivity index (χ1n) is 4.28. The minimum absolute atomic E-state index is 0.903. The summed E-state index contributed by atoms with van der Waals surface area (Å²) in [5, 5.41) is 1.19. The van der Waals surface area contributed by atoms with Crippen LogP contribution in [0.2, 0.25) is 0 Å². The fourth-order valence-corrected chi connectivity index (χ4v) is 2.12. The Hall–Kier alpha value is -1.68. The van der Waals surface area contributed by atoms with E-state index < -0.39 is 0 Å². The van der Waals surface area contributed by atoms with Crippen molar-refractivity contribution in [3.8, 4) is 11.4 Å². The Balaban J connectivity index is 2.23. The van der Waals surface area contributed by atoms with Crippen LogP contribution in [0.4, 0.5) is 0 Å².